The van der Waals surface area contributed by atoms with Crippen molar-refractivity contribution in [1.82, 2.24) is 4.90 Å². The molecule has 0 bridgehead atoms. The van der Waals surface area contributed by atoms with E-state index in [1.54, 1.807) is 17.0 Å². The molecule has 0 spiro atoms. The summed E-state index contributed by atoms with van der Waals surface area (Å²) in [5.41, 5.74) is 1.63. The molecule has 0 radical (unpaired) electrons. The Kier molecular flexibility index (Phi) is 7.26. The molecule has 2 amide bonds. The average Bonchev–Trinajstić information content (AvgIpc) is 2.58. The van der Waals surface area contributed by atoms with Crippen molar-refractivity contribution in [3.63, 3.8) is 0 Å². The quantitative estimate of drug-likeness (QED) is 0.807. The monoisotopic (exact) mass is 366 g/mol. The van der Waals surface area contributed by atoms with Crippen LogP contribution in [0.1, 0.15) is 38.7 Å². The summed E-state index contributed by atoms with van der Waals surface area (Å²) in [5, 5.41) is 3.43. The van der Waals surface area contributed by atoms with E-state index in [4.69, 9.17) is 11.6 Å². The Balaban J connectivity index is 1.92. The van der Waals surface area contributed by atoms with E-state index in [2.05, 4.69) is 12.2 Å². The van der Waals surface area contributed by atoms with Gasteiger partial charge in [-0.15, -0.1) is 0 Å². The second-order valence-corrected chi connectivity index (χ2v) is 7.33. The molecule has 5 nitrogen and oxygen atoms in total. The van der Waals surface area contributed by atoms with Gasteiger partial charge >= 0.3 is 0 Å². The molecule has 0 aromatic heterocycles. The predicted molar refractivity (Wildman–Crippen MR) is 101 cm³/mol. The van der Waals surface area contributed by atoms with E-state index >= 15 is 0 Å². The maximum Gasteiger partial charge on any atom is 0.278 e. The molecule has 0 saturated carbocycles. The van der Waals surface area contributed by atoms with Crippen LogP contribution >= 0.6 is 11.6 Å². The number of likely N-dealkylation sites (tertiary alicyclic amines) is 1. The van der Waals surface area contributed by atoms with E-state index in [0.29, 0.717) is 29.8 Å². The topological polar surface area (TPSA) is 53.9 Å². The number of aryl methyl sites for hydroxylation is 1. The lowest BCUT2D eigenvalue weighted by molar-refractivity contribution is -0.921. The minimum atomic E-state index is -0.192. The van der Waals surface area contributed by atoms with Crippen molar-refractivity contribution in [3.8, 4) is 0 Å². The molecule has 138 valence electrons. The molecular formula is C19H29ClN3O2+. The molecule has 1 aromatic carbocycles. The first kappa shape index (κ1) is 19.7. The number of nitrogens with zero attached hydrogens (tertiary/aromatic N) is 1. The zero-order valence-electron chi connectivity index (χ0n) is 15.4. The summed E-state index contributed by atoms with van der Waals surface area (Å²) in [4.78, 5) is 27.9. The maximum atomic E-state index is 12.6. The molecule has 1 heterocycles. The van der Waals surface area contributed by atoms with E-state index in [-0.39, 0.29) is 18.4 Å². The highest BCUT2D eigenvalue weighted by Gasteiger charge is 2.27. The number of halogens is 1. The van der Waals surface area contributed by atoms with Gasteiger partial charge in [-0.1, -0.05) is 17.7 Å². The van der Waals surface area contributed by atoms with E-state index in [0.717, 1.165) is 12.1 Å². The molecule has 25 heavy (non-hydrogen) atoms. The van der Waals surface area contributed by atoms with Crippen molar-refractivity contribution in [1.29, 1.82) is 0 Å². The van der Waals surface area contributed by atoms with Gasteiger partial charge in [-0.25, -0.2) is 0 Å². The first-order chi connectivity index (χ1) is 11.9. The van der Waals surface area contributed by atoms with Crippen LogP contribution in [0.5, 0.6) is 0 Å². The Bertz CT molecular complexity index is 621. The van der Waals surface area contributed by atoms with Gasteiger partial charge < -0.3 is 15.1 Å². The molecule has 1 aromatic rings. The Labute approximate surface area is 155 Å². The standard InChI is InChI=1S/C19H28ClN3O2/c1-4-22(19(25)13-23-10-6-5-7-15(23)3)12-18(24)21-17-11-16(20)9-8-14(17)2/h8-9,11,15H,4-7,10,12-13H2,1-3H3,(H,21,24)/p+1/t15-/m0/s1. The van der Waals surface area contributed by atoms with E-state index in [9.17, 15) is 9.59 Å². The van der Waals surface area contributed by atoms with Crippen LogP contribution < -0.4 is 10.2 Å². The Morgan fingerprint density at radius 1 is 1.36 bits per heavy atom. The van der Waals surface area contributed by atoms with Gasteiger partial charge in [0.2, 0.25) is 5.91 Å². The summed E-state index contributed by atoms with van der Waals surface area (Å²) in [6.07, 6.45) is 3.59. The van der Waals surface area contributed by atoms with Gasteiger partial charge in [0.15, 0.2) is 6.54 Å². The normalized spacial score (nSPS) is 20.2. The highest BCUT2D eigenvalue weighted by molar-refractivity contribution is 6.31. The molecule has 2 atom stereocenters. The van der Waals surface area contributed by atoms with Crippen LogP contribution in [0, 0.1) is 6.92 Å². The number of nitrogens with one attached hydrogen (secondary N) is 2. The lowest BCUT2D eigenvalue weighted by Gasteiger charge is -2.31. The lowest BCUT2D eigenvalue weighted by Crippen LogP contribution is -3.17. The van der Waals surface area contributed by atoms with Gasteiger partial charge in [-0.3, -0.25) is 9.59 Å². The third-order valence-corrected chi connectivity index (χ3v) is 5.24. The summed E-state index contributed by atoms with van der Waals surface area (Å²) in [5.74, 6) is -0.147. The fourth-order valence-electron chi connectivity index (χ4n) is 3.29. The lowest BCUT2D eigenvalue weighted by atomic mass is 10.0. The van der Waals surface area contributed by atoms with Crippen LogP contribution in [0.3, 0.4) is 0 Å². The SMILES string of the molecule is CCN(CC(=O)Nc1cc(Cl)ccc1C)C(=O)C[NH+]1CCCC[C@@H]1C. The zero-order chi connectivity index (χ0) is 18.4. The first-order valence-corrected chi connectivity index (χ1v) is 9.46. The molecule has 0 aliphatic carbocycles. The molecule has 1 aliphatic heterocycles. The molecule has 1 saturated heterocycles. The predicted octanol–water partition coefficient (Wildman–Crippen LogP) is 1.89. The number of anilines is 1. The van der Waals surface area contributed by atoms with Crippen LogP contribution in [-0.4, -0.2) is 48.9 Å². The minimum absolute atomic E-state index is 0.0456. The molecule has 1 aliphatic rings. The maximum absolute atomic E-state index is 12.6. The van der Waals surface area contributed by atoms with Crippen molar-refractivity contribution in [2.75, 3.05) is 31.5 Å². The Hall–Kier alpha value is -1.59. The molecular weight excluding hydrogens is 338 g/mol. The summed E-state index contributed by atoms with van der Waals surface area (Å²) < 4.78 is 0. The summed E-state index contributed by atoms with van der Waals surface area (Å²) in [6, 6.07) is 5.89. The van der Waals surface area contributed by atoms with Crippen molar-refractivity contribution in [3.05, 3.63) is 28.8 Å². The summed E-state index contributed by atoms with van der Waals surface area (Å²) in [6.45, 7) is 8.13. The minimum Gasteiger partial charge on any atom is -0.329 e. The number of likely N-dealkylation sites (N-methyl/N-ethyl adjacent to an activating group) is 1. The van der Waals surface area contributed by atoms with E-state index in [1.165, 1.54) is 24.2 Å². The van der Waals surface area contributed by atoms with Gasteiger partial charge in [-0.05, 0) is 57.7 Å². The number of rotatable bonds is 6. The molecule has 1 unspecified atom stereocenters. The summed E-state index contributed by atoms with van der Waals surface area (Å²) >= 11 is 5.99. The highest BCUT2D eigenvalue weighted by Crippen LogP contribution is 2.20. The van der Waals surface area contributed by atoms with Crippen LogP contribution in [0.2, 0.25) is 5.02 Å². The van der Waals surface area contributed by atoms with Gasteiger partial charge in [0.05, 0.1) is 12.6 Å². The van der Waals surface area contributed by atoms with Crippen LogP contribution in [0.25, 0.3) is 0 Å². The molecule has 2 N–H and O–H groups in total. The number of carbonyl (C=O) groups is 2. The fourth-order valence-corrected chi connectivity index (χ4v) is 3.46. The third kappa shape index (κ3) is 5.72. The largest absolute Gasteiger partial charge is 0.329 e. The molecule has 1 fully saturated rings. The Morgan fingerprint density at radius 2 is 2.12 bits per heavy atom. The van der Waals surface area contributed by atoms with E-state index in [1.807, 2.05) is 19.9 Å². The first-order valence-electron chi connectivity index (χ1n) is 9.09. The van der Waals surface area contributed by atoms with Crippen LogP contribution in [0.4, 0.5) is 5.69 Å². The van der Waals surface area contributed by atoms with Gasteiger partial charge in [0, 0.05) is 17.3 Å². The van der Waals surface area contributed by atoms with Crippen LogP contribution in [0.15, 0.2) is 18.2 Å². The number of carbonyl (C=O) groups excluding carboxylic acids is 2. The average molecular weight is 367 g/mol. The second kappa shape index (κ2) is 9.20. The van der Waals surface area contributed by atoms with Crippen molar-refractivity contribution >= 4 is 29.1 Å². The van der Waals surface area contributed by atoms with Crippen LogP contribution in [-0.2, 0) is 9.59 Å². The molecule has 6 heteroatoms. The third-order valence-electron chi connectivity index (χ3n) is 5.00. The number of hydrogen-bond donors (Lipinski definition) is 2. The molecule has 2 rings (SSSR count). The number of benzene rings is 1. The Morgan fingerprint density at radius 3 is 2.80 bits per heavy atom. The van der Waals surface area contributed by atoms with Crippen molar-refractivity contribution in [2.45, 2.75) is 46.1 Å². The van der Waals surface area contributed by atoms with Crippen molar-refractivity contribution < 1.29 is 14.5 Å². The second-order valence-electron chi connectivity index (χ2n) is 6.90. The fraction of sp³-hybridized carbons (Fsp3) is 0.579. The van der Waals surface area contributed by atoms with E-state index < -0.39 is 0 Å². The van der Waals surface area contributed by atoms with Gasteiger partial charge in [-0.2, -0.15) is 0 Å². The number of amides is 2. The zero-order valence-corrected chi connectivity index (χ0v) is 16.2. The number of hydrogen-bond acceptors (Lipinski definition) is 2. The number of piperidine rings is 1. The van der Waals surface area contributed by atoms with Gasteiger partial charge in [0.25, 0.3) is 5.91 Å². The summed E-state index contributed by atoms with van der Waals surface area (Å²) in [7, 11) is 0. The number of quaternary nitrogens is 1. The smallest absolute Gasteiger partial charge is 0.278 e. The van der Waals surface area contributed by atoms with Crippen molar-refractivity contribution in [2.24, 2.45) is 0 Å². The van der Waals surface area contributed by atoms with Gasteiger partial charge in [0.1, 0.15) is 6.54 Å². The highest BCUT2D eigenvalue weighted by atomic mass is 35.5.